The maximum absolute atomic E-state index is 11.2. The van der Waals surface area contributed by atoms with Gasteiger partial charge in [0.25, 0.3) is 0 Å². The van der Waals surface area contributed by atoms with Gasteiger partial charge in [-0.05, 0) is 42.2 Å². The minimum Gasteiger partial charge on any atom is -0.374 e. The zero-order valence-electron chi connectivity index (χ0n) is 13.0. The van der Waals surface area contributed by atoms with E-state index in [4.69, 9.17) is 10.6 Å². The van der Waals surface area contributed by atoms with E-state index in [1.807, 2.05) is 24.3 Å². The summed E-state index contributed by atoms with van der Waals surface area (Å²) in [7, 11) is 0. The standard InChI is InChI=1S/C17H26N2O2/c1-12-3-8-16(9-13(12)2)21-11-15-6-4-14(5-7-15)10-17(20)19-18/h4-7,12-13,16H,3,8-11,18H2,1-2H3,(H,19,20). The molecule has 0 spiro atoms. The Morgan fingerprint density at radius 1 is 1.19 bits per heavy atom. The molecule has 4 nitrogen and oxygen atoms in total. The Morgan fingerprint density at radius 3 is 2.48 bits per heavy atom. The van der Waals surface area contributed by atoms with Crippen molar-refractivity contribution >= 4 is 5.91 Å². The predicted octanol–water partition coefficient (Wildman–Crippen LogP) is 2.56. The molecular weight excluding hydrogens is 264 g/mol. The smallest absolute Gasteiger partial charge is 0.238 e. The third-order valence-corrected chi connectivity index (χ3v) is 4.58. The molecule has 4 heteroatoms. The molecule has 1 aliphatic rings. The lowest BCUT2D eigenvalue weighted by atomic mass is 9.80. The summed E-state index contributed by atoms with van der Waals surface area (Å²) in [5.74, 6) is 6.47. The first kappa shape index (κ1) is 16.0. The van der Waals surface area contributed by atoms with Gasteiger partial charge in [-0.1, -0.05) is 38.1 Å². The van der Waals surface area contributed by atoms with Crippen molar-refractivity contribution in [2.45, 2.75) is 52.2 Å². The minimum absolute atomic E-state index is 0.177. The van der Waals surface area contributed by atoms with Crippen molar-refractivity contribution in [2.24, 2.45) is 17.7 Å². The van der Waals surface area contributed by atoms with E-state index in [2.05, 4.69) is 19.3 Å². The molecule has 21 heavy (non-hydrogen) atoms. The fourth-order valence-electron chi connectivity index (χ4n) is 2.85. The Labute approximate surface area is 127 Å². The second kappa shape index (κ2) is 7.57. The molecule has 1 aromatic rings. The van der Waals surface area contributed by atoms with Crippen LogP contribution in [0.15, 0.2) is 24.3 Å². The summed E-state index contributed by atoms with van der Waals surface area (Å²) in [6.45, 7) is 5.30. The van der Waals surface area contributed by atoms with E-state index in [1.54, 1.807) is 0 Å². The maximum Gasteiger partial charge on any atom is 0.238 e. The number of rotatable bonds is 5. The van der Waals surface area contributed by atoms with Gasteiger partial charge in [-0.3, -0.25) is 10.2 Å². The molecule has 0 bridgehead atoms. The van der Waals surface area contributed by atoms with Crippen LogP contribution in [-0.4, -0.2) is 12.0 Å². The first-order chi connectivity index (χ1) is 10.1. The molecule has 0 radical (unpaired) electrons. The topological polar surface area (TPSA) is 64.3 Å². The number of carbonyl (C=O) groups is 1. The molecule has 0 aromatic heterocycles. The number of hydrogen-bond donors (Lipinski definition) is 2. The van der Waals surface area contributed by atoms with E-state index < -0.39 is 0 Å². The van der Waals surface area contributed by atoms with Crippen LogP contribution >= 0.6 is 0 Å². The van der Waals surface area contributed by atoms with E-state index in [9.17, 15) is 4.79 Å². The van der Waals surface area contributed by atoms with E-state index in [-0.39, 0.29) is 5.91 Å². The third kappa shape index (κ3) is 4.83. The number of nitrogens with one attached hydrogen (secondary N) is 1. The van der Waals surface area contributed by atoms with E-state index >= 15 is 0 Å². The fourth-order valence-corrected chi connectivity index (χ4v) is 2.85. The normalized spacial score (nSPS) is 25.6. The lowest BCUT2D eigenvalue weighted by Crippen LogP contribution is -2.31. The van der Waals surface area contributed by atoms with Gasteiger partial charge in [0, 0.05) is 0 Å². The van der Waals surface area contributed by atoms with E-state index in [0.717, 1.165) is 29.4 Å². The highest BCUT2D eigenvalue weighted by molar-refractivity contribution is 5.77. The number of hydrazine groups is 1. The molecule has 0 saturated heterocycles. The van der Waals surface area contributed by atoms with Crippen molar-refractivity contribution in [1.82, 2.24) is 5.43 Å². The molecule has 1 aromatic carbocycles. The summed E-state index contributed by atoms with van der Waals surface area (Å²) in [5.41, 5.74) is 4.25. The highest BCUT2D eigenvalue weighted by Crippen LogP contribution is 2.31. The highest BCUT2D eigenvalue weighted by Gasteiger charge is 2.24. The summed E-state index contributed by atoms with van der Waals surface area (Å²) in [6, 6.07) is 7.96. The Kier molecular flexibility index (Phi) is 5.76. The second-order valence-corrected chi connectivity index (χ2v) is 6.26. The summed E-state index contributed by atoms with van der Waals surface area (Å²) in [6.07, 6.45) is 4.30. The average Bonchev–Trinajstić information content (AvgIpc) is 2.50. The van der Waals surface area contributed by atoms with Crippen molar-refractivity contribution in [1.29, 1.82) is 0 Å². The van der Waals surface area contributed by atoms with Crippen molar-refractivity contribution in [2.75, 3.05) is 0 Å². The lowest BCUT2D eigenvalue weighted by molar-refractivity contribution is -0.120. The van der Waals surface area contributed by atoms with Crippen LogP contribution in [-0.2, 0) is 22.6 Å². The first-order valence-corrected chi connectivity index (χ1v) is 7.77. The highest BCUT2D eigenvalue weighted by atomic mass is 16.5. The molecule has 1 aliphatic carbocycles. The van der Waals surface area contributed by atoms with E-state index in [0.29, 0.717) is 19.1 Å². The molecule has 1 saturated carbocycles. The zero-order valence-corrected chi connectivity index (χ0v) is 13.0. The number of amides is 1. The number of benzene rings is 1. The predicted molar refractivity (Wildman–Crippen MR) is 83.2 cm³/mol. The molecular formula is C17H26N2O2. The van der Waals surface area contributed by atoms with Crippen molar-refractivity contribution in [3.8, 4) is 0 Å². The van der Waals surface area contributed by atoms with Crippen molar-refractivity contribution in [3.63, 3.8) is 0 Å². The van der Waals surface area contributed by atoms with Gasteiger partial charge in [0.05, 0.1) is 19.1 Å². The largest absolute Gasteiger partial charge is 0.374 e. The fraction of sp³-hybridized carbons (Fsp3) is 0.588. The van der Waals surface area contributed by atoms with Crippen molar-refractivity contribution in [3.05, 3.63) is 35.4 Å². The molecule has 2 rings (SSSR count). The quantitative estimate of drug-likeness (QED) is 0.497. The van der Waals surface area contributed by atoms with Gasteiger partial charge < -0.3 is 4.74 Å². The van der Waals surface area contributed by atoms with Crippen LogP contribution in [0.5, 0.6) is 0 Å². The van der Waals surface area contributed by atoms with Gasteiger partial charge >= 0.3 is 0 Å². The summed E-state index contributed by atoms with van der Waals surface area (Å²) >= 11 is 0. The van der Waals surface area contributed by atoms with Crippen LogP contribution in [0, 0.1) is 11.8 Å². The van der Waals surface area contributed by atoms with Gasteiger partial charge in [0.15, 0.2) is 0 Å². The van der Waals surface area contributed by atoms with Crippen LogP contribution in [0.4, 0.5) is 0 Å². The van der Waals surface area contributed by atoms with Gasteiger partial charge in [-0.15, -0.1) is 0 Å². The SMILES string of the molecule is CC1CCC(OCc2ccc(CC(=O)NN)cc2)CC1C. The van der Waals surface area contributed by atoms with Gasteiger partial charge in [-0.2, -0.15) is 0 Å². The Balaban J connectivity index is 1.80. The summed E-state index contributed by atoms with van der Waals surface area (Å²) < 4.78 is 6.03. The first-order valence-electron chi connectivity index (χ1n) is 7.77. The lowest BCUT2D eigenvalue weighted by Gasteiger charge is -2.32. The summed E-state index contributed by atoms with van der Waals surface area (Å²) in [5, 5.41) is 0. The molecule has 3 N–H and O–H groups in total. The molecule has 1 fully saturated rings. The molecule has 116 valence electrons. The van der Waals surface area contributed by atoms with Crippen LogP contribution in [0.2, 0.25) is 0 Å². The zero-order chi connectivity index (χ0) is 15.2. The Hall–Kier alpha value is -1.39. The molecule has 0 aliphatic heterocycles. The van der Waals surface area contributed by atoms with Gasteiger partial charge in [0.1, 0.15) is 0 Å². The van der Waals surface area contributed by atoms with Gasteiger partial charge in [-0.25, -0.2) is 5.84 Å². The number of hydrogen-bond acceptors (Lipinski definition) is 3. The third-order valence-electron chi connectivity index (χ3n) is 4.58. The molecule has 3 unspecified atom stereocenters. The van der Waals surface area contributed by atoms with Crippen LogP contribution < -0.4 is 11.3 Å². The minimum atomic E-state index is -0.177. The van der Waals surface area contributed by atoms with Crippen LogP contribution in [0.3, 0.4) is 0 Å². The van der Waals surface area contributed by atoms with Crippen LogP contribution in [0.25, 0.3) is 0 Å². The second-order valence-electron chi connectivity index (χ2n) is 6.26. The number of ether oxygens (including phenoxy) is 1. The number of nitrogens with two attached hydrogens (primary N) is 1. The van der Waals surface area contributed by atoms with Crippen LogP contribution in [0.1, 0.15) is 44.2 Å². The Morgan fingerprint density at radius 2 is 1.86 bits per heavy atom. The van der Waals surface area contributed by atoms with E-state index in [1.165, 1.54) is 12.8 Å². The van der Waals surface area contributed by atoms with Gasteiger partial charge in [0.2, 0.25) is 5.91 Å². The molecule has 1 amide bonds. The average molecular weight is 290 g/mol. The number of carbonyl (C=O) groups excluding carboxylic acids is 1. The maximum atomic E-state index is 11.2. The molecule has 3 atom stereocenters. The monoisotopic (exact) mass is 290 g/mol. The van der Waals surface area contributed by atoms with Crippen molar-refractivity contribution < 1.29 is 9.53 Å². The molecule has 0 heterocycles. The summed E-state index contributed by atoms with van der Waals surface area (Å²) in [4.78, 5) is 11.2. The Bertz CT molecular complexity index is 458.